The first kappa shape index (κ1) is 44.5. The van der Waals surface area contributed by atoms with Crippen molar-refractivity contribution in [2.75, 3.05) is 63.9 Å². The lowest BCUT2D eigenvalue weighted by molar-refractivity contribution is -0.202. The van der Waals surface area contributed by atoms with Crippen molar-refractivity contribution < 1.29 is 31.8 Å². The number of allylic oxidation sites excluding steroid dienone is 1. The predicted octanol–water partition coefficient (Wildman–Crippen LogP) is 9.35. The van der Waals surface area contributed by atoms with Gasteiger partial charge in [0.05, 0.1) is 40.9 Å². The molecule has 0 radical (unpaired) electrons. The maximum atomic E-state index is 13.9. The standard InChI is InChI=1S/C48H53Cl2FN6O6S/c1-48(2)15-11-34(40(26-48)32-3-5-35(49)6-4-32)28-55-19-21-56(22-20-55)36-7-9-39(44(24-36)63-37-23-33-12-16-52-46(33)53-27-37)47(58)54-64(59,60)38-8-10-43(41(50)25-38)61-29-31-13-17-57(18-14-31)42-30-62-45(42)51/h3-10,12,16,23-25,27,31,42,45H,11,13-15,17-22,26,28-30H2,1-2H3,(H,52,53)(H,54,58). The van der Waals surface area contributed by atoms with Gasteiger partial charge in [0.2, 0.25) is 6.36 Å². The zero-order chi connectivity index (χ0) is 44.6. The third-order valence-electron chi connectivity index (χ3n) is 13.1. The molecule has 3 aromatic carbocycles. The number of H-pyrrole nitrogens is 1. The number of aromatic amines is 1. The summed E-state index contributed by atoms with van der Waals surface area (Å²) in [5.74, 6) is 0.293. The van der Waals surface area contributed by atoms with Gasteiger partial charge in [-0.25, -0.2) is 22.5 Å². The van der Waals surface area contributed by atoms with Crippen LogP contribution < -0.4 is 19.1 Å². The molecule has 0 spiro atoms. The van der Waals surface area contributed by atoms with Crippen LogP contribution in [-0.2, 0) is 14.8 Å². The third-order valence-corrected chi connectivity index (χ3v) is 15.0. The number of nitrogens with zero attached hydrogens (tertiary/aromatic N) is 4. The maximum Gasteiger partial charge on any atom is 0.268 e. The number of hydrogen-bond acceptors (Lipinski definition) is 10. The fourth-order valence-corrected chi connectivity index (χ4v) is 10.6. The molecule has 3 aliphatic heterocycles. The lowest BCUT2D eigenvalue weighted by Crippen LogP contribution is -2.56. The van der Waals surface area contributed by atoms with E-state index in [0.29, 0.717) is 30.4 Å². The van der Waals surface area contributed by atoms with Crippen molar-refractivity contribution in [3.8, 4) is 17.2 Å². The number of pyridine rings is 1. The van der Waals surface area contributed by atoms with E-state index in [1.54, 1.807) is 24.5 Å². The summed E-state index contributed by atoms with van der Waals surface area (Å²) in [6.07, 6.45) is 7.02. The van der Waals surface area contributed by atoms with Gasteiger partial charge in [-0.2, -0.15) is 0 Å². The third kappa shape index (κ3) is 10.1. The number of likely N-dealkylation sites (tertiary alicyclic amines) is 1. The number of fused-ring (bicyclic) bond motifs is 1. The SMILES string of the molecule is CC1(C)CCC(CN2CCN(c3ccc(C(=O)NS(=O)(=O)c4ccc(OCC5CCN(C6COC6F)CC5)c(Cl)c4)c(Oc4cnc5[nH]ccc5c4)c3)CC2)=C(c2ccc(Cl)cc2)C1. The number of sulfonamides is 1. The molecule has 2 atom stereocenters. The number of halogens is 3. The number of aromatic nitrogens is 2. The van der Waals surface area contributed by atoms with Crippen molar-refractivity contribution in [1.82, 2.24) is 24.5 Å². The zero-order valence-electron chi connectivity index (χ0n) is 36.0. The molecule has 12 nitrogen and oxygen atoms in total. The van der Waals surface area contributed by atoms with Crippen molar-refractivity contribution in [3.63, 3.8) is 0 Å². The normalized spacial score (nSPS) is 21.2. The number of piperidine rings is 1. The van der Waals surface area contributed by atoms with E-state index >= 15 is 0 Å². The van der Waals surface area contributed by atoms with Crippen molar-refractivity contribution in [2.24, 2.45) is 11.3 Å². The molecular weight excluding hydrogens is 879 g/mol. The second kappa shape index (κ2) is 18.7. The molecule has 3 saturated heterocycles. The molecule has 1 amide bonds. The minimum Gasteiger partial charge on any atom is -0.492 e. The van der Waals surface area contributed by atoms with Gasteiger partial charge < -0.3 is 24.1 Å². The lowest BCUT2D eigenvalue weighted by Gasteiger charge is -2.43. The molecule has 3 fully saturated rings. The Bertz CT molecular complexity index is 2640. The summed E-state index contributed by atoms with van der Waals surface area (Å²) in [5, 5.41) is 1.66. The topological polar surface area (TPSA) is 129 Å². The summed E-state index contributed by atoms with van der Waals surface area (Å²) in [7, 11) is -4.37. The Kier molecular flexibility index (Phi) is 13.0. The minimum atomic E-state index is -4.37. The van der Waals surface area contributed by atoms with Gasteiger partial charge in [0.15, 0.2) is 0 Å². The van der Waals surface area contributed by atoms with Crippen LogP contribution in [0.4, 0.5) is 10.1 Å². The van der Waals surface area contributed by atoms with Crippen LogP contribution in [0.3, 0.4) is 0 Å². The van der Waals surface area contributed by atoms with Gasteiger partial charge in [-0.3, -0.25) is 14.6 Å². The van der Waals surface area contributed by atoms with E-state index in [1.807, 2.05) is 30.3 Å². The molecule has 64 heavy (non-hydrogen) atoms. The Hall–Kier alpha value is -4.70. The summed E-state index contributed by atoms with van der Waals surface area (Å²) in [5.41, 5.74) is 5.95. The molecule has 9 rings (SSSR count). The van der Waals surface area contributed by atoms with E-state index in [1.165, 1.54) is 34.9 Å². The first-order valence-electron chi connectivity index (χ1n) is 22.0. The summed E-state index contributed by atoms with van der Waals surface area (Å²) in [6, 6.07) is 21.1. The van der Waals surface area contributed by atoms with Crippen molar-refractivity contribution in [3.05, 3.63) is 112 Å². The molecule has 1 aliphatic carbocycles. The number of piperazine rings is 1. The van der Waals surface area contributed by atoms with Crippen LogP contribution >= 0.6 is 23.2 Å². The van der Waals surface area contributed by atoms with E-state index in [-0.39, 0.29) is 38.6 Å². The second-order valence-corrected chi connectivity index (χ2v) is 20.7. The van der Waals surface area contributed by atoms with Gasteiger partial charge in [-0.1, -0.05) is 54.8 Å². The minimum absolute atomic E-state index is 0.0333. The fourth-order valence-electron chi connectivity index (χ4n) is 9.17. The quantitative estimate of drug-likeness (QED) is 0.118. The highest BCUT2D eigenvalue weighted by atomic mass is 35.5. The van der Waals surface area contributed by atoms with E-state index in [2.05, 4.69) is 55.4 Å². The van der Waals surface area contributed by atoms with Crippen LogP contribution in [0.5, 0.6) is 17.2 Å². The van der Waals surface area contributed by atoms with E-state index < -0.39 is 22.3 Å². The highest BCUT2D eigenvalue weighted by molar-refractivity contribution is 7.90. The van der Waals surface area contributed by atoms with Gasteiger partial charge >= 0.3 is 0 Å². The van der Waals surface area contributed by atoms with Crippen molar-refractivity contribution in [1.29, 1.82) is 0 Å². The molecule has 0 bridgehead atoms. The maximum absolute atomic E-state index is 13.9. The highest BCUT2D eigenvalue weighted by Gasteiger charge is 2.39. The van der Waals surface area contributed by atoms with Crippen LogP contribution in [0.25, 0.3) is 16.6 Å². The van der Waals surface area contributed by atoms with Crippen LogP contribution in [0.15, 0.2) is 95.7 Å². The fraction of sp³-hybridized carbons (Fsp3) is 0.417. The monoisotopic (exact) mass is 930 g/mol. The molecule has 5 aromatic rings. The summed E-state index contributed by atoms with van der Waals surface area (Å²) >= 11 is 12.8. The molecule has 0 saturated carbocycles. The number of anilines is 1. The highest BCUT2D eigenvalue weighted by Crippen LogP contribution is 2.43. The van der Waals surface area contributed by atoms with Gasteiger partial charge in [-0.05, 0) is 122 Å². The van der Waals surface area contributed by atoms with Crippen molar-refractivity contribution >= 4 is 61.4 Å². The van der Waals surface area contributed by atoms with E-state index in [4.69, 9.17) is 37.4 Å². The molecule has 16 heteroatoms. The molecule has 2 N–H and O–H groups in total. The Labute approximate surface area is 383 Å². The summed E-state index contributed by atoms with van der Waals surface area (Å²) in [4.78, 5) is 28.1. The lowest BCUT2D eigenvalue weighted by atomic mass is 9.72. The largest absolute Gasteiger partial charge is 0.492 e. The smallest absolute Gasteiger partial charge is 0.268 e. The Balaban J connectivity index is 0.876. The van der Waals surface area contributed by atoms with Gasteiger partial charge in [0, 0.05) is 61.1 Å². The Morgan fingerprint density at radius 1 is 0.969 bits per heavy atom. The summed E-state index contributed by atoms with van der Waals surface area (Å²) < 4.78 is 60.6. The molecule has 2 unspecified atom stereocenters. The number of carbonyl (C=O) groups excluding carboxylic acids is 1. The number of ether oxygens (including phenoxy) is 3. The number of amides is 1. The van der Waals surface area contributed by atoms with Crippen LogP contribution in [0.2, 0.25) is 10.0 Å². The molecule has 338 valence electrons. The molecule has 4 aliphatic rings. The average Bonchev–Trinajstić information content (AvgIpc) is 3.75. The van der Waals surface area contributed by atoms with Crippen molar-refractivity contribution in [2.45, 2.75) is 63.2 Å². The number of alkyl halides is 1. The van der Waals surface area contributed by atoms with Crippen LogP contribution in [0, 0.1) is 11.3 Å². The first-order valence-corrected chi connectivity index (χ1v) is 24.2. The predicted molar refractivity (Wildman–Crippen MR) is 248 cm³/mol. The van der Waals surface area contributed by atoms with Crippen LogP contribution in [-0.4, -0.2) is 106 Å². The van der Waals surface area contributed by atoms with E-state index in [0.717, 1.165) is 94.0 Å². The molecular formula is C48H53Cl2FN6O6S. The number of hydrogen-bond donors (Lipinski definition) is 2. The van der Waals surface area contributed by atoms with Gasteiger partial charge in [-0.15, -0.1) is 0 Å². The number of nitrogens with one attached hydrogen (secondary N) is 2. The number of rotatable bonds is 13. The van der Waals surface area contributed by atoms with E-state index in [9.17, 15) is 17.6 Å². The Morgan fingerprint density at radius 3 is 2.47 bits per heavy atom. The zero-order valence-corrected chi connectivity index (χ0v) is 38.3. The molecule has 5 heterocycles. The average molecular weight is 932 g/mol. The summed E-state index contributed by atoms with van der Waals surface area (Å²) in [6.45, 7) is 11.1. The van der Waals surface area contributed by atoms with Crippen LogP contribution in [0.1, 0.15) is 61.9 Å². The van der Waals surface area contributed by atoms with Gasteiger partial charge in [0.1, 0.15) is 22.9 Å². The van der Waals surface area contributed by atoms with Gasteiger partial charge in [0.25, 0.3) is 15.9 Å². The first-order chi connectivity index (χ1) is 30.8. The second-order valence-electron chi connectivity index (χ2n) is 18.1. The number of carbonyl (C=O) groups is 1. The Morgan fingerprint density at radius 2 is 1.75 bits per heavy atom. The molecule has 2 aromatic heterocycles. The number of benzene rings is 3.